The number of aldehydes is 1. The van der Waals surface area contributed by atoms with E-state index in [1.54, 1.807) is 0 Å². The standard InChI is InChI=1S/C27H39NO3.C22H28O2/c1-6-30-26(29)13-14-28-18-20-7-8-21-17-24(15-19(2)25(21)16-20)31-23-11-9-22(10-12-23)27(3,4)5;1-15-11-20(13-17-6-5-16(14-23)12-21(15)17)24-19-9-7-18(8-10-19)22(2,3)4/h7-8,15-17,22-23,28H,6,9-14,18H2,1-5H3;5-6,11-14,18-19H,7-10H2,1-4H3. The van der Waals surface area contributed by atoms with Gasteiger partial charge in [0.15, 0.2) is 0 Å². The van der Waals surface area contributed by atoms with Gasteiger partial charge in [-0.15, -0.1) is 0 Å². The fourth-order valence-corrected chi connectivity index (χ4v) is 8.54. The number of rotatable bonds is 11. The summed E-state index contributed by atoms with van der Waals surface area (Å²) in [6.45, 7) is 22.0. The largest absolute Gasteiger partial charge is 0.490 e. The van der Waals surface area contributed by atoms with Crippen LogP contribution in [0.25, 0.3) is 21.5 Å². The Morgan fingerprint density at radius 2 is 1.18 bits per heavy atom. The SMILES string of the molecule is CCOC(=O)CCNCc1ccc2cc(OC3CCC(C(C)(C)C)CC3)cc(C)c2c1.Cc1cc(OC2CCC(C(C)(C)C)CC2)cc2ccc(C=O)cc12. The van der Waals surface area contributed by atoms with Crippen LogP contribution in [0.1, 0.15) is 133 Å². The van der Waals surface area contributed by atoms with Crippen molar-refractivity contribution < 1.29 is 23.8 Å². The summed E-state index contributed by atoms with van der Waals surface area (Å²) in [5, 5.41) is 8.07. The van der Waals surface area contributed by atoms with Gasteiger partial charge in [0.05, 0.1) is 25.2 Å². The van der Waals surface area contributed by atoms with Crippen LogP contribution in [-0.2, 0) is 16.1 Å². The van der Waals surface area contributed by atoms with Gasteiger partial charge in [-0.3, -0.25) is 9.59 Å². The van der Waals surface area contributed by atoms with Crippen molar-refractivity contribution in [3.63, 3.8) is 0 Å². The molecule has 4 aromatic carbocycles. The minimum atomic E-state index is -0.149. The van der Waals surface area contributed by atoms with Crippen LogP contribution in [0.4, 0.5) is 0 Å². The number of aryl methyl sites for hydroxylation is 2. The number of benzene rings is 4. The normalized spacial score (nSPS) is 20.4. The second-order valence-electron chi connectivity index (χ2n) is 18.3. The van der Waals surface area contributed by atoms with Crippen LogP contribution < -0.4 is 14.8 Å². The van der Waals surface area contributed by atoms with Crippen LogP contribution in [0, 0.1) is 36.5 Å². The third-order valence-electron chi connectivity index (χ3n) is 12.0. The maximum Gasteiger partial charge on any atom is 0.307 e. The molecule has 0 saturated heterocycles. The van der Waals surface area contributed by atoms with E-state index in [-0.39, 0.29) is 5.97 Å². The average molecular weight is 750 g/mol. The molecule has 0 bridgehead atoms. The van der Waals surface area contributed by atoms with Crippen molar-refractivity contribution in [2.45, 2.75) is 139 Å². The van der Waals surface area contributed by atoms with Crippen molar-refractivity contribution in [2.75, 3.05) is 13.2 Å². The number of hydrogen-bond donors (Lipinski definition) is 1. The number of nitrogens with one attached hydrogen (secondary N) is 1. The van der Waals surface area contributed by atoms with Crippen LogP contribution in [0.2, 0.25) is 0 Å². The molecule has 298 valence electrons. The van der Waals surface area contributed by atoms with Crippen LogP contribution in [0.3, 0.4) is 0 Å². The van der Waals surface area contributed by atoms with Gasteiger partial charge in [0.25, 0.3) is 0 Å². The lowest BCUT2D eigenvalue weighted by Crippen LogP contribution is -2.30. The van der Waals surface area contributed by atoms with Gasteiger partial charge in [0.2, 0.25) is 0 Å². The summed E-state index contributed by atoms with van der Waals surface area (Å²) in [5.74, 6) is 3.40. The lowest BCUT2D eigenvalue weighted by atomic mass is 9.72. The number of esters is 1. The second kappa shape index (κ2) is 18.8. The molecule has 1 N–H and O–H groups in total. The highest BCUT2D eigenvalue weighted by Crippen LogP contribution is 2.40. The van der Waals surface area contributed by atoms with Gasteiger partial charge >= 0.3 is 5.97 Å². The maximum absolute atomic E-state index is 11.4. The molecule has 0 heterocycles. The van der Waals surface area contributed by atoms with Crippen LogP contribution in [0.15, 0.2) is 60.7 Å². The smallest absolute Gasteiger partial charge is 0.307 e. The van der Waals surface area contributed by atoms with E-state index in [2.05, 4.69) is 103 Å². The summed E-state index contributed by atoms with van der Waals surface area (Å²) in [4.78, 5) is 22.4. The summed E-state index contributed by atoms with van der Waals surface area (Å²) < 4.78 is 17.7. The molecule has 0 aromatic heterocycles. The first-order valence-corrected chi connectivity index (χ1v) is 20.9. The molecule has 6 nitrogen and oxygen atoms in total. The number of ether oxygens (including phenoxy) is 3. The van der Waals surface area contributed by atoms with E-state index in [1.165, 1.54) is 47.6 Å². The van der Waals surface area contributed by atoms with E-state index in [1.807, 2.05) is 25.1 Å². The predicted molar refractivity (Wildman–Crippen MR) is 227 cm³/mol. The maximum atomic E-state index is 11.4. The lowest BCUT2D eigenvalue weighted by molar-refractivity contribution is -0.142. The summed E-state index contributed by atoms with van der Waals surface area (Å²) >= 11 is 0. The monoisotopic (exact) mass is 750 g/mol. The first kappa shape index (κ1) is 42.2. The summed E-state index contributed by atoms with van der Waals surface area (Å²) in [5.41, 5.74) is 5.14. The van der Waals surface area contributed by atoms with Gasteiger partial charge in [-0.1, -0.05) is 65.8 Å². The van der Waals surface area contributed by atoms with Gasteiger partial charge < -0.3 is 19.5 Å². The predicted octanol–water partition coefficient (Wildman–Crippen LogP) is 12.1. The summed E-state index contributed by atoms with van der Waals surface area (Å²) in [6.07, 6.45) is 11.6. The molecule has 2 aliphatic rings. The quantitative estimate of drug-likeness (QED) is 0.0935. The highest BCUT2D eigenvalue weighted by Gasteiger charge is 2.31. The molecule has 6 heteroatoms. The molecule has 0 spiro atoms. The van der Waals surface area contributed by atoms with Gasteiger partial charge in [-0.25, -0.2) is 0 Å². The lowest BCUT2D eigenvalue weighted by Gasteiger charge is -2.37. The van der Waals surface area contributed by atoms with E-state index in [0.717, 1.165) is 83.7 Å². The third-order valence-corrected chi connectivity index (χ3v) is 12.0. The zero-order valence-corrected chi connectivity index (χ0v) is 35.2. The first-order chi connectivity index (χ1) is 26.1. The van der Waals surface area contributed by atoms with E-state index >= 15 is 0 Å². The minimum Gasteiger partial charge on any atom is -0.490 e. The molecule has 2 aliphatic carbocycles. The van der Waals surface area contributed by atoms with Gasteiger partial charge in [-0.05, 0) is 169 Å². The fraction of sp³-hybridized carbons (Fsp3) is 0.551. The number of fused-ring (bicyclic) bond motifs is 2. The molecular weight excluding hydrogens is 683 g/mol. The highest BCUT2D eigenvalue weighted by atomic mass is 16.5. The van der Waals surface area contributed by atoms with Gasteiger partial charge in [0, 0.05) is 18.7 Å². The first-order valence-electron chi connectivity index (χ1n) is 20.9. The summed E-state index contributed by atoms with van der Waals surface area (Å²) in [6, 6.07) is 21.0. The molecule has 55 heavy (non-hydrogen) atoms. The molecule has 6 rings (SSSR count). The number of carbonyl (C=O) groups excluding carboxylic acids is 2. The van der Waals surface area contributed by atoms with Crippen molar-refractivity contribution in [3.05, 3.63) is 82.9 Å². The molecule has 2 fully saturated rings. The topological polar surface area (TPSA) is 73.9 Å². The van der Waals surface area contributed by atoms with Crippen molar-refractivity contribution in [1.29, 1.82) is 0 Å². The molecule has 0 radical (unpaired) electrons. The Kier molecular flexibility index (Phi) is 14.5. The van der Waals surface area contributed by atoms with Crippen LogP contribution in [0.5, 0.6) is 11.5 Å². The van der Waals surface area contributed by atoms with Crippen LogP contribution in [-0.4, -0.2) is 37.6 Å². The van der Waals surface area contributed by atoms with Crippen molar-refractivity contribution in [2.24, 2.45) is 22.7 Å². The highest BCUT2D eigenvalue weighted by molar-refractivity contribution is 5.92. The van der Waals surface area contributed by atoms with Gasteiger partial charge in [0.1, 0.15) is 17.8 Å². The van der Waals surface area contributed by atoms with E-state index in [0.29, 0.717) is 42.6 Å². The summed E-state index contributed by atoms with van der Waals surface area (Å²) in [7, 11) is 0. The minimum absolute atomic E-state index is 0.149. The van der Waals surface area contributed by atoms with Crippen molar-refractivity contribution in [3.8, 4) is 11.5 Å². The van der Waals surface area contributed by atoms with Crippen molar-refractivity contribution in [1.82, 2.24) is 5.32 Å². The Bertz CT molecular complexity index is 1880. The van der Waals surface area contributed by atoms with Gasteiger partial charge in [-0.2, -0.15) is 0 Å². The number of carbonyl (C=O) groups is 2. The van der Waals surface area contributed by atoms with E-state index < -0.39 is 0 Å². The molecule has 0 aliphatic heterocycles. The third kappa shape index (κ3) is 12.0. The Labute approximate surface area is 331 Å². The second-order valence-corrected chi connectivity index (χ2v) is 18.3. The Morgan fingerprint density at radius 1 is 0.691 bits per heavy atom. The van der Waals surface area contributed by atoms with Crippen LogP contribution >= 0.6 is 0 Å². The molecule has 0 amide bonds. The Hall–Kier alpha value is -3.90. The fourth-order valence-electron chi connectivity index (χ4n) is 8.54. The molecule has 0 unspecified atom stereocenters. The molecule has 2 saturated carbocycles. The average Bonchev–Trinajstić information content (AvgIpc) is 3.13. The molecule has 4 aromatic rings. The Morgan fingerprint density at radius 3 is 1.65 bits per heavy atom. The molecular formula is C49H67NO5. The van der Waals surface area contributed by atoms with Crippen molar-refractivity contribution >= 4 is 33.8 Å². The number of hydrogen-bond acceptors (Lipinski definition) is 6. The Balaban J connectivity index is 0.000000218. The van der Waals surface area contributed by atoms with E-state index in [9.17, 15) is 9.59 Å². The zero-order chi connectivity index (χ0) is 39.8. The van der Waals surface area contributed by atoms with E-state index in [4.69, 9.17) is 14.2 Å². The molecule has 0 atom stereocenters. The zero-order valence-electron chi connectivity index (χ0n) is 35.2.